The summed E-state index contributed by atoms with van der Waals surface area (Å²) in [6, 6.07) is 9.33. The van der Waals surface area contributed by atoms with Crippen molar-refractivity contribution in [1.29, 1.82) is 5.26 Å². The van der Waals surface area contributed by atoms with E-state index >= 15 is 0 Å². The lowest BCUT2D eigenvalue weighted by atomic mass is 9.84. The summed E-state index contributed by atoms with van der Waals surface area (Å²) in [4.78, 5) is 11.2. The van der Waals surface area contributed by atoms with Crippen molar-refractivity contribution in [2.75, 3.05) is 12.4 Å². The Hall–Kier alpha value is -3.31. The molecule has 1 atom stereocenters. The number of nitrogens with two attached hydrogens (primary N) is 1. The van der Waals surface area contributed by atoms with Gasteiger partial charge in [0.05, 0.1) is 23.8 Å². The van der Waals surface area contributed by atoms with Gasteiger partial charge in [0.2, 0.25) is 17.7 Å². The first-order valence-corrected chi connectivity index (χ1v) is 7.56. The van der Waals surface area contributed by atoms with Crippen molar-refractivity contribution in [2.45, 2.75) is 19.4 Å². The minimum atomic E-state index is -0.427. The molecule has 3 rings (SSSR count). The molecule has 128 valence electrons. The zero-order valence-corrected chi connectivity index (χ0v) is 13.8. The van der Waals surface area contributed by atoms with Crippen molar-refractivity contribution in [3.8, 4) is 11.9 Å². The molecule has 0 fully saturated rings. The van der Waals surface area contributed by atoms with Crippen molar-refractivity contribution in [2.24, 2.45) is 5.73 Å². The zero-order valence-electron chi connectivity index (χ0n) is 13.8. The van der Waals surface area contributed by atoms with Gasteiger partial charge in [0.15, 0.2) is 0 Å². The first-order valence-electron chi connectivity index (χ1n) is 7.56. The number of hydrogen-bond donors (Lipinski definition) is 3. The molecule has 8 heteroatoms. The van der Waals surface area contributed by atoms with E-state index in [4.69, 9.17) is 15.2 Å². The van der Waals surface area contributed by atoms with Crippen LogP contribution in [0.25, 0.3) is 0 Å². The standard InChI is InChI=1S/C17H17N5O3/c1-9(23)20-11-5-3-10(4-6-11)14-12(7-18)16(19)25-17-15(14)13(8-24-2)21-22-17/h3-6,14H,8,19H2,1-2H3,(H,20,23)(H,21,22)/t14-/m0/s1. The number of aromatic amines is 1. The van der Waals surface area contributed by atoms with Crippen LogP contribution in [-0.4, -0.2) is 23.2 Å². The van der Waals surface area contributed by atoms with Crippen molar-refractivity contribution >= 4 is 11.6 Å². The van der Waals surface area contributed by atoms with Gasteiger partial charge in [-0.3, -0.25) is 9.89 Å². The molecule has 1 aromatic heterocycles. The molecule has 25 heavy (non-hydrogen) atoms. The van der Waals surface area contributed by atoms with Gasteiger partial charge in [-0.15, -0.1) is 5.10 Å². The highest BCUT2D eigenvalue weighted by Gasteiger charge is 2.35. The Morgan fingerprint density at radius 3 is 2.80 bits per heavy atom. The number of rotatable bonds is 4. The summed E-state index contributed by atoms with van der Waals surface area (Å²) in [6.07, 6.45) is 0. The van der Waals surface area contributed by atoms with Gasteiger partial charge in [0.1, 0.15) is 11.6 Å². The highest BCUT2D eigenvalue weighted by Crippen LogP contribution is 2.43. The van der Waals surface area contributed by atoms with E-state index in [1.54, 1.807) is 19.2 Å². The van der Waals surface area contributed by atoms with Gasteiger partial charge < -0.3 is 20.5 Å². The molecule has 1 aliphatic heterocycles. The predicted octanol–water partition coefficient (Wildman–Crippen LogP) is 1.73. The van der Waals surface area contributed by atoms with E-state index in [0.29, 0.717) is 29.4 Å². The summed E-state index contributed by atoms with van der Waals surface area (Å²) in [5.74, 6) is -0.218. The minimum absolute atomic E-state index is 0.0291. The third-order valence-electron chi connectivity index (χ3n) is 3.87. The molecular formula is C17H17N5O3. The number of nitrogens with one attached hydrogen (secondary N) is 2. The lowest BCUT2D eigenvalue weighted by Crippen LogP contribution is -2.21. The maximum atomic E-state index is 11.2. The predicted molar refractivity (Wildman–Crippen MR) is 89.3 cm³/mol. The van der Waals surface area contributed by atoms with Crippen LogP contribution in [0.15, 0.2) is 35.7 Å². The molecule has 4 N–H and O–H groups in total. The van der Waals surface area contributed by atoms with Crippen LogP contribution in [0.5, 0.6) is 5.88 Å². The number of H-pyrrole nitrogens is 1. The number of fused-ring (bicyclic) bond motifs is 1. The van der Waals surface area contributed by atoms with Crippen LogP contribution in [0, 0.1) is 11.3 Å². The fourth-order valence-corrected chi connectivity index (χ4v) is 2.86. The van der Waals surface area contributed by atoms with Crippen molar-refractivity contribution in [3.05, 3.63) is 52.5 Å². The summed E-state index contributed by atoms with van der Waals surface area (Å²) in [5.41, 5.74) is 9.15. The number of nitriles is 1. The number of carbonyl (C=O) groups is 1. The van der Waals surface area contributed by atoms with Crippen LogP contribution in [0.3, 0.4) is 0 Å². The summed E-state index contributed by atoms with van der Waals surface area (Å²) < 4.78 is 10.7. The van der Waals surface area contributed by atoms with Crippen LogP contribution in [0.2, 0.25) is 0 Å². The Bertz CT molecular complexity index is 877. The Morgan fingerprint density at radius 2 is 2.20 bits per heavy atom. The summed E-state index contributed by atoms with van der Waals surface area (Å²) >= 11 is 0. The average Bonchev–Trinajstić information content (AvgIpc) is 2.96. The highest BCUT2D eigenvalue weighted by molar-refractivity contribution is 5.88. The van der Waals surface area contributed by atoms with E-state index < -0.39 is 5.92 Å². The van der Waals surface area contributed by atoms with Gasteiger partial charge in [0, 0.05) is 19.7 Å². The smallest absolute Gasteiger partial charge is 0.244 e. The molecule has 0 bridgehead atoms. The number of nitrogens with zero attached hydrogens (tertiary/aromatic N) is 2. The lowest BCUT2D eigenvalue weighted by molar-refractivity contribution is -0.114. The Kier molecular flexibility index (Phi) is 4.41. The molecule has 2 heterocycles. The molecule has 0 saturated heterocycles. The normalized spacial score (nSPS) is 16.0. The second kappa shape index (κ2) is 6.67. The van der Waals surface area contributed by atoms with Crippen molar-refractivity contribution in [3.63, 3.8) is 0 Å². The quantitative estimate of drug-likeness (QED) is 0.779. The molecule has 1 aromatic carbocycles. The third kappa shape index (κ3) is 3.05. The number of anilines is 1. The van der Waals surface area contributed by atoms with Crippen LogP contribution in [0.1, 0.15) is 29.7 Å². The molecule has 0 spiro atoms. The maximum Gasteiger partial charge on any atom is 0.244 e. The lowest BCUT2D eigenvalue weighted by Gasteiger charge is -2.24. The highest BCUT2D eigenvalue weighted by atomic mass is 16.5. The number of benzene rings is 1. The topological polar surface area (TPSA) is 126 Å². The molecule has 1 amide bonds. The molecular weight excluding hydrogens is 322 g/mol. The van der Waals surface area contributed by atoms with Crippen molar-refractivity contribution in [1.82, 2.24) is 10.2 Å². The largest absolute Gasteiger partial charge is 0.420 e. The van der Waals surface area contributed by atoms with E-state index in [-0.39, 0.29) is 11.8 Å². The van der Waals surface area contributed by atoms with E-state index in [0.717, 1.165) is 11.1 Å². The van der Waals surface area contributed by atoms with Crippen LogP contribution >= 0.6 is 0 Å². The zero-order chi connectivity index (χ0) is 18.0. The van der Waals surface area contributed by atoms with E-state index in [1.807, 2.05) is 12.1 Å². The summed E-state index contributed by atoms with van der Waals surface area (Å²) in [6.45, 7) is 1.74. The molecule has 0 saturated carbocycles. The molecule has 2 aromatic rings. The monoisotopic (exact) mass is 339 g/mol. The maximum absolute atomic E-state index is 11.2. The summed E-state index contributed by atoms with van der Waals surface area (Å²) in [7, 11) is 1.57. The number of ether oxygens (including phenoxy) is 2. The Labute approximate surface area is 144 Å². The number of hydrogen-bond acceptors (Lipinski definition) is 6. The Balaban J connectivity index is 2.08. The minimum Gasteiger partial charge on any atom is -0.420 e. The van der Waals surface area contributed by atoms with Crippen LogP contribution in [0.4, 0.5) is 5.69 Å². The average molecular weight is 339 g/mol. The molecule has 8 nitrogen and oxygen atoms in total. The Morgan fingerprint density at radius 1 is 1.48 bits per heavy atom. The number of allylic oxidation sites excluding steroid dienone is 1. The molecule has 1 aliphatic rings. The van der Waals surface area contributed by atoms with Gasteiger partial charge in [-0.05, 0) is 17.7 Å². The third-order valence-corrected chi connectivity index (χ3v) is 3.87. The fourth-order valence-electron chi connectivity index (χ4n) is 2.86. The van der Waals surface area contributed by atoms with Gasteiger partial charge in [-0.25, -0.2) is 0 Å². The number of amides is 1. The molecule has 0 radical (unpaired) electrons. The molecule has 0 unspecified atom stereocenters. The number of carbonyl (C=O) groups excluding carboxylic acids is 1. The van der Waals surface area contributed by atoms with E-state index in [9.17, 15) is 10.1 Å². The molecule has 0 aliphatic carbocycles. The van der Waals surface area contributed by atoms with Crippen LogP contribution < -0.4 is 15.8 Å². The fraction of sp³-hybridized carbons (Fsp3) is 0.235. The number of methoxy groups -OCH3 is 1. The second-order valence-corrected chi connectivity index (χ2v) is 5.58. The van der Waals surface area contributed by atoms with E-state index in [2.05, 4.69) is 21.6 Å². The van der Waals surface area contributed by atoms with Gasteiger partial charge in [0.25, 0.3) is 0 Å². The van der Waals surface area contributed by atoms with Crippen LogP contribution in [-0.2, 0) is 16.1 Å². The van der Waals surface area contributed by atoms with Gasteiger partial charge in [-0.2, -0.15) is 5.26 Å². The van der Waals surface area contributed by atoms with Gasteiger partial charge >= 0.3 is 0 Å². The first-order chi connectivity index (χ1) is 12.0. The van der Waals surface area contributed by atoms with Crippen molar-refractivity contribution < 1.29 is 14.3 Å². The summed E-state index contributed by atoms with van der Waals surface area (Å²) in [5, 5.41) is 19.3. The SMILES string of the molecule is COCc1[nH]nc2c1[C@@H](c1ccc(NC(C)=O)cc1)C(C#N)=C(N)O2. The van der Waals surface area contributed by atoms with Gasteiger partial charge in [-0.1, -0.05) is 12.1 Å². The number of aromatic nitrogens is 2. The second-order valence-electron chi connectivity index (χ2n) is 5.58. The van der Waals surface area contributed by atoms with E-state index in [1.165, 1.54) is 6.92 Å². The first kappa shape index (κ1) is 16.5.